The Hall–Kier alpha value is -1.64. The van der Waals surface area contributed by atoms with Crippen LogP contribution in [0.25, 0.3) is 0 Å². The van der Waals surface area contributed by atoms with Crippen molar-refractivity contribution in [3.63, 3.8) is 0 Å². The van der Waals surface area contributed by atoms with Gasteiger partial charge in [-0.15, -0.1) is 0 Å². The van der Waals surface area contributed by atoms with Crippen molar-refractivity contribution in [2.75, 3.05) is 0 Å². The van der Waals surface area contributed by atoms with Crippen LogP contribution in [-0.4, -0.2) is 22.4 Å². The fourth-order valence-electron chi connectivity index (χ4n) is 5.37. The van der Waals surface area contributed by atoms with Gasteiger partial charge in [0.15, 0.2) is 0 Å². The first-order chi connectivity index (χ1) is 12.7. The fourth-order valence-corrected chi connectivity index (χ4v) is 5.37. The van der Waals surface area contributed by atoms with Crippen molar-refractivity contribution in [2.45, 2.75) is 62.6 Å². The van der Waals surface area contributed by atoms with Crippen LogP contribution >= 0.6 is 0 Å². The summed E-state index contributed by atoms with van der Waals surface area (Å²) >= 11 is 0. The van der Waals surface area contributed by atoms with Crippen molar-refractivity contribution in [2.24, 2.45) is 11.8 Å². The van der Waals surface area contributed by atoms with E-state index in [0.29, 0.717) is 11.8 Å². The molecule has 4 rings (SSSR count). The zero-order valence-corrected chi connectivity index (χ0v) is 15.4. The van der Waals surface area contributed by atoms with Crippen LogP contribution in [0.3, 0.4) is 0 Å². The second-order valence-corrected chi connectivity index (χ2v) is 8.32. The second kappa shape index (κ2) is 7.94. The Morgan fingerprint density at radius 2 is 1.08 bits per heavy atom. The molecule has 0 aromatic heterocycles. The molecule has 0 saturated heterocycles. The Labute approximate surface area is 156 Å². The molecule has 0 spiro atoms. The van der Waals surface area contributed by atoms with Crippen molar-refractivity contribution in [3.05, 3.63) is 71.8 Å². The SMILES string of the molecule is OC1CC(C2CCC(O)C(c3ccccc3)C2)CCC1c1ccccc1. The summed E-state index contributed by atoms with van der Waals surface area (Å²) in [7, 11) is 0. The molecule has 2 aliphatic carbocycles. The maximum absolute atomic E-state index is 10.8. The summed E-state index contributed by atoms with van der Waals surface area (Å²) in [4.78, 5) is 0. The van der Waals surface area contributed by atoms with Crippen molar-refractivity contribution < 1.29 is 10.2 Å². The topological polar surface area (TPSA) is 40.5 Å². The normalized spacial score (nSPS) is 35.2. The van der Waals surface area contributed by atoms with E-state index >= 15 is 0 Å². The highest BCUT2D eigenvalue weighted by molar-refractivity contribution is 5.23. The molecule has 2 aliphatic rings. The average molecular weight is 351 g/mol. The Bertz CT molecular complexity index is 684. The van der Waals surface area contributed by atoms with Crippen molar-refractivity contribution >= 4 is 0 Å². The van der Waals surface area contributed by atoms with E-state index in [0.717, 1.165) is 32.1 Å². The average Bonchev–Trinajstić information content (AvgIpc) is 2.69. The van der Waals surface area contributed by atoms with Crippen LogP contribution in [0.4, 0.5) is 0 Å². The van der Waals surface area contributed by atoms with E-state index in [1.54, 1.807) is 0 Å². The van der Waals surface area contributed by atoms with Gasteiger partial charge in [-0.05, 0) is 61.5 Å². The molecule has 2 N–H and O–H groups in total. The molecular weight excluding hydrogens is 320 g/mol. The van der Waals surface area contributed by atoms with Crippen LogP contribution in [0.1, 0.15) is 61.5 Å². The van der Waals surface area contributed by atoms with Crippen LogP contribution in [0.5, 0.6) is 0 Å². The molecule has 2 saturated carbocycles. The Morgan fingerprint density at radius 3 is 1.69 bits per heavy atom. The van der Waals surface area contributed by atoms with E-state index in [4.69, 9.17) is 0 Å². The summed E-state index contributed by atoms with van der Waals surface area (Å²) in [5.41, 5.74) is 2.54. The molecular formula is C24H30O2. The maximum atomic E-state index is 10.8. The van der Waals surface area contributed by atoms with E-state index in [2.05, 4.69) is 48.5 Å². The highest BCUT2D eigenvalue weighted by Crippen LogP contribution is 2.46. The Balaban J connectivity index is 1.42. The number of rotatable bonds is 3. The molecule has 2 nitrogen and oxygen atoms in total. The summed E-state index contributed by atoms with van der Waals surface area (Å²) < 4.78 is 0. The molecule has 2 aromatic carbocycles. The van der Waals surface area contributed by atoms with Crippen LogP contribution in [-0.2, 0) is 0 Å². The molecule has 0 aliphatic heterocycles. The summed E-state index contributed by atoms with van der Waals surface area (Å²) in [6.45, 7) is 0. The lowest BCUT2D eigenvalue weighted by Gasteiger charge is -2.42. The number of aliphatic hydroxyl groups excluding tert-OH is 2. The number of benzene rings is 2. The predicted molar refractivity (Wildman–Crippen MR) is 105 cm³/mol. The standard InChI is InChI=1S/C24H30O2/c25-23-14-12-19(15-22(23)18-9-5-2-6-10-18)20-11-13-21(24(26)16-20)17-7-3-1-4-8-17/h1-10,19-26H,11-16H2. The zero-order valence-electron chi connectivity index (χ0n) is 15.4. The van der Waals surface area contributed by atoms with Gasteiger partial charge in [0.25, 0.3) is 0 Å². The van der Waals surface area contributed by atoms with Gasteiger partial charge in [-0.3, -0.25) is 0 Å². The van der Waals surface area contributed by atoms with Gasteiger partial charge in [0.1, 0.15) is 0 Å². The minimum absolute atomic E-state index is 0.223. The first-order valence-corrected chi connectivity index (χ1v) is 10.2. The predicted octanol–water partition coefficient (Wildman–Crippen LogP) is 4.88. The van der Waals surface area contributed by atoms with Gasteiger partial charge in [0, 0.05) is 11.8 Å². The van der Waals surface area contributed by atoms with Crippen LogP contribution in [0.2, 0.25) is 0 Å². The highest BCUT2D eigenvalue weighted by Gasteiger charge is 2.38. The molecule has 2 heteroatoms. The first kappa shape index (κ1) is 17.8. The summed E-state index contributed by atoms with van der Waals surface area (Å²) in [6.07, 6.45) is 5.75. The molecule has 0 radical (unpaired) electrons. The monoisotopic (exact) mass is 350 g/mol. The zero-order chi connectivity index (χ0) is 17.9. The lowest BCUT2D eigenvalue weighted by atomic mass is 9.65. The second-order valence-electron chi connectivity index (χ2n) is 8.32. The van der Waals surface area contributed by atoms with Gasteiger partial charge in [-0.2, -0.15) is 0 Å². The van der Waals surface area contributed by atoms with Gasteiger partial charge in [0.05, 0.1) is 12.2 Å². The molecule has 0 amide bonds. The van der Waals surface area contributed by atoms with Gasteiger partial charge in [-0.25, -0.2) is 0 Å². The lowest BCUT2D eigenvalue weighted by Crippen LogP contribution is -2.36. The fraction of sp³-hybridized carbons (Fsp3) is 0.500. The van der Waals surface area contributed by atoms with Gasteiger partial charge in [-0.1, -0.05) is 60.7 Å². The van der Waals surface area contributed by atoms with E-state index in [1.165, 1.54) is 17.5 Å². The summed E-state index contributed by atoms with van der Waals surface area (Å²) in [5.74, 6) is 1.74. The largest absolute Gasteiger partial charge is 0.392 e. The smallest absolute Gasteiger partial charge is 0.0611 e. The highest BCUT2D eigenvalue weighted by atomic mass is 16.3. The van der Waals surface area contributed by atoms with Crippen LogP contribution < -0.4 is 0 Å². The minimum atomic E-state index is -0.238. The molecule has 26 heavy (non-hydrogen) atoms. The van der Waals surface area contributed by atoms with Gasteiger partial charge >= 0.3 is 0 Å². The van der Waals surface area contributed by atoms with E-state index in [9.17, 15) is 10.2 Å². The lowest BCUT2D eigenvalue weighted by molar-refractivity contribution is 0.0238. The first-order valence-electron chi connectivity index (χ1n) is 10.2. The van der Waals surface area contributed by atoms with Gasteiger partial charge in [0.2, 0.25) is 0 Å². The molecule has 6 unspecified atom stereocenters. The van der Waals surface area contributed by atoms with Crippen LogP contribution in [0, 0.1) is 11.8 Å². The van der Waals surface area contributed by atoms with Crippen LogP contribution in [0.15, 0.2) is 60.7 Å². The molecule has 0 heterocycles. The minimum Gasteiger partial charge on any atom is -0.392 e. The third-order valence-corrected chi connectivity index (χ3v) is 6.83. The summed E-state index contributed by atoms with van der Waals surface area (Å²) in [5, 5.41) is 21.3. The molecule has 6 atom stereocenters. The Morgan fingerprint density at radius 1 is 0.538 bits per heavy atom. The van der Waals surface area contributed by atoms with Crippen molar-refractivity contribution in [1.29, 1.82) is 0 Å². The number of aliphatic hydroxyl groups is 2. The number of hydrogen-bond donors (Lipinski definition) is 2. The van der Waals surface area contributed by atoms with E-state index < -0.39 is 0 Å². The number of hydrogen-bond acceptors (Lipinski definition) is 2. The quantitative estimate of drug-likeness (QED) is 0.828. The maximum Gasteiger partial charge on any atom is 0.0611 e. The van der Waals surface area contributed by atoms with Crippen molar-refractivity contribution in [3.8, 4) is 0 Å². The molecule has 2 fully saturated rings. The van der Waals surface area contributed by atoms with E-state index in [1.807, 2.05) is 12.1 Å². The molecule has 0 bridgehead atoms. The molecule has 138 valence electrons. The molecule has 2 aromatic rings. The van der Waals surface area contributed by atoms with E-state index in [-0.39, 0.29) is 24.0 Å². The third kappa shape index (κ3) is 3.72. The Kier molecular flexibility index (Phi) is 5.42. The van der Waals surface area contributed by atoms with Crippen molar-refractivity contribution in [1.82, 2.24) is 0 Å². The van der Waals surface area contributed by atoms with Gasteiger partial charge < -0.3 is 10.2 Å². The summed E-state index contributed by atoms with van der Waals surface area (Å²) in [6, 6.07) is 21.0. The third-order valence-electron chi connectivity index (χ3n) is 6.83.